The quantitative estimate of drug-likeness (QED) is 0.565. The Morgan fingerprint density at radius 3 is 3.08 bits per heavy atom. The van der Waals surface area contributed by atoms with E-state index in [0.29, 0.717) is 5.75 Å². The van der Waals surface area contributed by atoms with Gasteiger partial charge in [-0.15, -0.1) is 0 Å². The Morgan fingerprint density at radius 1 is 1.85 bits per heavy atom. The van der Waals surface area contributed by atoms with E-state index in [9.17, 15) is 4.79 Å². The molecule has 0 saturated carbocycles. The lowest BCUT2D eigenvalue weighted by Gasteiger charge is -2.35. The zero-order valence-electron chi connectivity index (χ0n) is 7.71. The topological polar surface area (TPSA) is 35.5 Å². The number of hydrogen-bond acceptors (Lipinski definition) is 4. The number of esters is 1. The summed E-state index contributed by atoms with van der Waals surface area (Å²) in [4.78, 5) is 11.0. The first-order valence-corrected chi connectivity index (χ1v) is 6.37. The molecule has 2 atom stereocenters. The van der Waals surface area contributed by atoms with E-state index in [4.69, 9.17) is 9.47 Å². The van der Waals surface area contributed by atoms with Crippen LogP contribution < -0.4 is 0 Å². The third-order valence-electron chi connectivity index (χ3n) is 1.61. The summed E-state index contributed by atoms with van der Waals surface area (Å²) >= 11 is 4.79. The van der Waals surface area contributed by atoms with Crippen molar-refractivity contribution in [3.8, 4) is 0 Å². The lowest BCUT2D eigenvalue weighted by atomic mass is 10.3. The predicted molar refractivity (Wildman–Crippen MR) is 56.2 cm³/mol. The maximum atomic E-state index is 11.0. The van der Waals surface area contributed by atoms with Crippen molar-refractivity contribution >= 4 is 33.7 Å². The smallest absolute Gasteiger partial charge is 0.319 e. The first-order valence-electron chi connectivity index (χ1n) is 4.09. The third-order valence-corrected chi connectivity index (χ3v) is 3.50. The van der Waals surface area contributed by atoms with Crippen LogP contribution in [0, 0.1) is 0 Å². The van der Waals surface area contributed by atoms with E-state index in [0.717, 1.165) is 5.75 Å². The van der Waals surface area contributed by atoms with Crippen molar-refractivity contribution in [2.45, 2.75) is 25.7 Å². The average Bonchev–Trinajstić information content (AvgIpc) is 2.02. The lowest BCUT2D eigenvalue weighted by Crippen LogP contribution is -2.44. The van der Waals surface area contributed by atoms with Crippen LogP contribution in [0.2, 0.25) is 0 Å². The third kappa shape index (κ3) is 3.48. The lowest BCUT2D eigenvalue weighted by molar-refractivity contribution is -0.224. The summed E-state index contributed by atoms with van der Waals surface area (Å²) in [7, 11) is 0. The number of halogens is 1. The first kappa shape index (κ1) is 11.3. The minimum atomic E-state index is -0.743. The van der Waals surface area contributed by atoms with Crippen LogP contribution in [-0.4, -0.2) is 34.7 Å². The zero-order chi connectivity index (χ0) is 9.90. The molecule has 0 aromatic rings. The second-order valence-electron chi connectivity index (χ2n) is 3.19. The Hall–Kier alpha value is 0.260. The Bertz CT molecular complexity index is 200. The molecule has 0 aromatic carbocycles. The summed E-state index contributed by atoms with van der Waals surface area (Å²) in [6.45, 7) is 3.78. The molecular formula is C8H13BrO3S. The van der Waals surface area contributed by atoms with Gasteiger partial charge >= 0.3 is 5.97 Å². The summed E-state index contributed by atoms with van der Waals surface area (Å²) in [5.41, 5.74) is 0. The molecule has 13 heavy (non-hydrogen) atoms. The molecule has 1 heterocycles. The van der Waals surface area contributed by atoms with E-state index in [1.165, 1.54) is 0 Å². The molecule has 1 aliphatic rings. The van der Waals surface area contributed by atoms with Crippen LogP contribution in [-0.2, 0) is 14.3 Å². The number of carbonyl (C=O) groups excluding carboxylic acids is 1. The normalized spacial score (nSPS) is 34.2. The number of hydrogen-bond donors (Lipinski definition) is 0. The fraction of sp³-hybridized carbons (Fsp3) is 0.875. The molecule has 0 spiro atoms. The Balaban J connectivity index is 2.49. The molecule has 0 N–H and O–H groups in total. The van der Waals surface area contributed by atoms with E-state index in [-0.39, 0.29) is 17.4 Å². The number of ether oxygens (including phenoxy) is 2. The van der Waals surface area contributed by atoms with Crippen molar-refractivity contribution in [1.82, 2.24) is 0 Å². The number of carbonyl (C=O) groups is 1. The molecule has 1 rings (SSSR count). The van der Waals surface area contributed by atoms with Crippen molar-refractivity contribution in [1.29, 1.82) is 0 Å². The van der Waals surface area contributed by atoms with Gasteiger partial charge in [-0.25, -0.2) is 0 Å². The molecule has 0 amide bonds. The van der Waals surface area contributed by atoms with Gasteiger partial charge in [0.25, 0.3) is 0 Å². The molecule has 0 aromatic heterocycles. The van der Waals surface area contributed by atoms with Crippen molar-refractivity contribution < 1.29 is 14.3 Å². The summed E-state index contributed by atoms with van der Waals surface area (Å²) in [5, 5.41) is 0.213. The van der Waals surface area contributed by atoms with Gasteiger partial charge in [-0.3, -0.25) is 4.79 Å². The Kier molecular flexibility index (Phi) is 4.06. The Labute approximate surface area is 90.7 Å². The monoisotopic (exact) mass is 268 g/mol. The zero-order valence-corrected chi connectivity index (χ0v) is 10.1. The van der Waals surface area contributed by atoms with Crippen LogP contribution in [0.15, 0.2) is 0 Å². The van der Waals surface area contributed by atoms with Crippen LogP contribution in [0.3, 0.4) is 0 Å². The highest BCUT2D eigenvalue weighted by molar-refractivity contribution is 9.09. The SMILES string of the molecule is CC1CSCC(C)(OC(=O)CBr)O1. The van der Waals surface area contributed by atoms with Gasteiger partial charge in [0.2, 0.25) is 5.79 Å². The van der Waals surface area contributed by atoms with E-state index >= 15 is 0 Å². The van der Waals surface area contributed by atoms with Crippen LogP contribution in [0.1, 0.15) is 13.8 Å². The van der Waals surface area contributed by atoms with E-state index in [1.807, 2.05) is 6.92 Å². The minimum Gasteiger partial charge on any atom is -0.432 e. The highest BCUT2D eigenvalue weighted by atomic mass is 79.9. The largest absolute Gasteiger partial charge is 0.432 e. The molecule has 1 saturated heterocycles. The Morgan fingerprint density at radius 2 is 2.54 bits per heavy atom. The van der Waals surface area contributed by atoms with Crippen LogP contribution in [0.4, 0.5) is 0 Å². The number of rotatable bonds is 2. The first-order chi connectivity index (χ1) is 6.06. The van der Waals surface area contributed by atoms with E-state index < -0.39 is 5.79 Å². The maximum Gasteiger partial charge on any atom is 0.319 e. The van der Waals surface area contributed by atoms with Gasteiger partial charge in [-0.2, -0.15) is 11.8 Å². The van der Waals surface area contributed by atoms with E-state index in [1.54, 1.807) is 18.7 Å². The molecular weight excluding hydrogens is 256 g/mol. The summed E-state index contributed by atoms with van der Waals surface area (Å²) < 4.78 is 10.7. The van der Waals surface area contributed by atoms with Crippen molar-refractivity contribution in [2.75, 3.05) is 16.8 Å². The molecule has 0 aliphatic carbocycles. The molecule has 1 aliphatic heterocycles. The van der Waals surface area contributed by atoms with Crippen LogP contribution in [0.25, 0.3) is 0 Å². The molecule has 76 valence electrons. The highest BCUT2D eigenvalue weighted by Crippen LogP contribution is 2.28. The highest BCUT2D eigenvalue weighted by Gasteiger charge is 2.35. The molecule has 5 heteroatoms. The van der Waals surface area contributed by atoms with Gasteiger partial charge in [0.15, 0.2) is 0 Å². The summed E-state index contributed by atoms with van der Waals surface area (Å²) in [5.74, 6) is 0.641. The van der Waals surface area contributed by atoms with Gasteiger partial charge in [0, 0.05) is 12.7 Å². The van der Waals surface area contributed by atoms with Crippen LogP contribution in [0.5, 0.6) is 0 Å². The molecule has 0 radical (unpaired) electrons. The maximum absolute atomic E-state index is 11.0. The van der Waals surface area contributed by atoms with E-state index in [2.05, 4.69) is 15.9 Å². The van der Waals surface area contributed by atoms with Crippen molar-refractivity contribution in [3.05, 3.63) is 0 Å². The second kappa shape index (κ2) is 4.66. The fourth-order valence-electron chi connectivity index (χ4n) is 1.23. The minimum absolute atomic E-state index is 0.145. The van der Waals surface area contributed by atoms with Crippen LogP contribution >= 0.6 is 27.7 Å². The summed E-state index contributed by atoms with van der Waals surface area (Å²) in [6, 6.07) is 0. The number of thioether (sulfide) groups is 1. The molecule has 2 unspecified atom stereocenters. The van der Waals surface area contributed by atoms with Gasteiger partial charge < -0.3 is 9.47 Å². The average molecular weight is 269 g/mol. The molecule has 3 nitrogen and oxygen atoms in total. The predicted octanol–water partition coefficient (Wildman–Crippen LogP) is 1.79. The van der Waals surface area contributed by atoms with Gasteiger partial charge in [0.05, 0.1) is 11.9 Å². The van der Waals surface area contributed by atoms with Crippen molar-refractivity contribution in [2.24, 2.45) is 0 Å². The standard InChI is InChI=1S/C8H13BrO3S/c1-6-4-13-5-8(2,11-6)12-7(10)3-9/h6H,3-5H2,1-2H3. The van der Waals surface area contributed by atoms with Crippen molar-refractivity contribution in [3.63, 3.8) is 0 Å². The summed E-state index contributed by atoms with van der Waals surface area (Å²) in [6.07, 6.45) is 0.145. The second-order valence-corrected chi connectivity index (χ2v) is 4.78. The molecule has 0 bridgehead atoms. The van der Waals surface area contributed by atoms with Gasteiger partial charge in [-0.1, -0.05) is 15.9 Å². The van der Waals surface area contributed by atoms with Gasteiger partial charge in [-0.05, 0) is 6.92 Å². The number of alkyl halides is 1. The molecule has 1 fully saturated rings. The fourth-order valence-corrected chi connectivity index (χ4v) is 2.36. The van der Waals surface area contributed by atoms with Gasteiger partial charge in [0.1, 0.15) is 5.33 Å².